The number of fused-ring (bicyclic) bond motifs is 1. The quantitative estimate of drug-likeness (QED) is 0.533. The van der Waals surface area contributed by atoms with Gasteiger partial charge in [-0.2, -0.15) is 0 Å². The van der Waals surface area contributed by atoms with Crippen LogP contribution in [0, 0.1) is 0 Å². The third-order valence-electron chi connectivity index (χ3n) is 5.58. The Morgan fingerprint density at radius 2 is 1.77 bits per heavy atom. The average Bonchev–Trinajstić information content (AvgIpc) is 2.70. The topological polar surface area (TPSA) is 97.6 Å². The summed E-state index contributed by atoms with van der Waals surface area (Å²) in [6.07, 6.45) is 7.22. The number of pyridine rings is 1. The third kappa shape index (κ3) is 5.34. The number of esters is 1. The number of hydrogen-bond acceptors (Lipinski definition) is 5. The fourth-order valence-electron chi connectivity index (χ4n) is 4.03. The summed E-state index contributed by atoms with van der Waals surface area (Å²) in [7, 11) is 0. The van der Waals surface area contributed by atoms with E-state index in [1.807, 2.05) is 0 Å². The van der Waals surface area contributed by atoms with Crippen molar-refractivity contribution in [3.05, 3.63) is 51.4 Å². The SMILES string of the molecule is CCCCn1c2c(c(O)c(C(=O)Nc3ccc(OC(C)=O)cc3)c1=O)CCCCCC2. The summed E-state index contributed by atoms with van der Waals surface area (Å²) in [5, 5.41) is 13.6. The maximum absolute atomic E-state index is 13.3. The number of aromatic nitrogens is 1. The summed E-state index contributed by atoms with van der Waals surface area (Å²) < 4.78 is 6.69. The van der Waals surface area contributed by atoms with Crippen molar-refractivity contribution in [3.63, 3.8) is 0 Å². The van der Waals surface area contributed by atoms with Gasteiger partial charge in [0.2, 0.25) is 0 Å². The minimum atomic E-state index is -0.641. The standard InChI is InChI=1S/C24H30N2O5/c1-3-4-15-26-20-10-8-6-5-7-9-19(20)22(28)21(24(26)30)23(29)25-17-11-13-18(14-12-17)31-16(2)27/h11-14,28H,3-10,15H2,1-2H3,(H,25,29). The Kier molecular flexibility index (Phi) is 7.50. The van der Waals surface area contributed by atoms with E-state index in [1.165, 1.54) is 6.92 Å². The second kappa shape index (κ2) is 10.3. The van der Waals surface area contributed by atoms with E-state index in [0.717, 1.165) is 56.2 Å². The van der Waals surface area contributed by atoms with Gasteiger partial charge in [0.1, 0.15) is 17.1 Å². The van der Waals surface area contributed by atoms with Crippen molar-refractivity contribution in [2.24, 2.45) is 0 Å². The highest BCUT2D eigenvalue weighted by Gasteiger charge is 2.26. The second-order valence-electron chi connectivity index (χ2n) is 7.95. The number of unbranched alkanes of at least 4 members (excludes halogenated alkanes) is 1. The molecule has 0 saturated carbocycles. The molecule has 0 spiro atoms. The van der Waals surface area contributed by atoms with Crippen molar-refractivity contribution in [3.8, 4) is 11.5 Å². The first-order valence-corrected chi connectivity index (χ1v) is 11.0. The molecule has 0 atom stereocenters. The van der Waals surface area contributed by atoms with Crippen LogP contribution in [-0.2, 0) is 24.2 Å². The molecule has 31 heavy (non-hydrogen) atoms. The van der Waals surface area contributed by atoms with Crippen LogP contribution in [0.1, 0.15) is 74.0 Å². The number of aromatic hydroxyl groups is 1. The van der Waals surface area contributed by atoms with Crippen molar-refractivity contribution in [1.29, 1.82) is 0 Å². The molecule has 1 heterocycles. The van der Waals surface area contributed by atoms with Gasteiger partial charge in [-0.3, -0.25) is 14.4 Å². The van der Waals surface area contributed by atoms with Crippen LogP contribution in [0.2, 0.25) is 0 Å². The summed E-state index contributed by atoms with van der Waals surface area (Å²) in [6.45, 7) is 3.90. The lowest BCUT2D eigenvalue weighted by Crippen LogP contribution is -2.33. The van der Waals surface area contributed by atoms with Crippen molar-refractivity contribution in [2.75, 3.05) is 5.32 Å². The molecule has 0 fully saturated rings. The van der Waals surface area contributed by atoms with Gasteiger partial charge in [0.25, 0.3) is 11.5 Å². The highest BCUT2D eigenvalue weighted by atomic mass is 16.5. The molecule has 3 rings (SSSR count). The summed E-state index contributed by atoms with van der Waals surface area (Å²) in [4.78, 5) is 37.3. The zero-order valence-electron chi connectivity index (χ0n) is 18.2. The molecular weight excluding hydrogens is 396 g/mol. The van der Waals surface area contributed by atoms with Gasteiger partial charge >= 0.3 is 5.97 Å². The van der Waals surface area contributed by atoms with Crippen molar-refractivity contribution in [2.45, 2.75) is 71.8 Å². The fourth-order valence-corrected chi connectivity index (χ4v) is 4.03. The normalized spacial score (nSPS) is 13.6. The molecule has 2 N–H and O–H groups in total. The molecule has 1 aromatic carbocycles. The lowest BCUT2D eigenvalue weighted by molar-refractivity contribution is -0.131. The van der Waals surface area contributed by atoms with Gasteiger partial charge in [0.15, 0.2) is 0 Å². The molecule has 166 valence electrons. The molecule has 0 unspecified atom stereocenters. The van der Waals surface area contributed by atoms with Crippen molar-refractivity contribution in [1.82, 2.24) is 4.57 Å². The lowest BCUT2D eigenvalue weighted by atomic mass is 9.94. The van der Waals surface area contributed by atoms with E-state index in [0.29, 0.717) is 24.4 Å². The number of carbonyl (C=O) groups is 2. The zero-order chi connectivity index (χ0) is 22.4. The number of hydrogen-bond donors (Lipinski definition) is 2. The molecular formula is C24H30N2O5. The van der Waals surface area contributed by atoms with E-state index in [4.69, 9.17) is 4.74 Å². The zero-order valence-corrected chi connectivity index (χ0v) is 18.2. The summed E-state index contributed by atoms with van der Waals surface area (Å²) in [5.41, 5.74) is 1.38. The number of benzene rings is 1. The number of nitrogens with one attached hydrogen (secondary N) is 1. The molecule has 1 amide bonds. The molecule has 0 radical (unpaired) electrons. The van der Waals surface area contributed by atoms with Gasteiger partial charge < -0.3 is 19.7 Å². The Morgan fingerprint density at radius 1 is 1.10 bits per heavy atom. The van der Waals surface area contributed by atoms with E-state index < -0.39 is 17.4 Å². The predicted octanol–water partition coefficient (Wildman–Crippen LogP) is 4.19. The Hall–Kier alpha value is -3.09. The Labute approximate surface area is 182 Å². The van der Waals surface area contributed by atoms with Gasteiger partial charge in [0.05, 0.1) is 0 Å². The van der Waals surface area contributed by atoms with Crippen LogP contribution >= 0.6 is 0 Å². The third-order valence-corrected chi connectivity index (χ3v) is 5.58. The van der Waals surface area contributed by atoms with Gasteiger partial charge in [-0.05, 0) is 56.4 Å². The highest BCUT2D eigenvalue weighted by molar-refractivity contribution is 6.06. The van der Waals surface area contributed by atoms with E-state index in [9.17, 15) is 19.5 Å². The smallest absolute Gasteiger partial charge is 0.308 e. The first-order valence-electron chi connectivity index (χ1n) is 11.0. The molecule has 7 nitrogen and oxygen atoms in total. The fraction of sp³-hybridized carbons (Fsp3) is 0.458. The number of anilines is 1. The van der Waals surface area contributed by atoms with Crippen molar-refractivity contribution < 1.29 is 19.4 Å². The van der Waals surface area contributed by atoms with Crippen LogP contribution in [0.3, 0.4) is 0 Å². The number of ether oxygens (including phenoxy) is 1. The average molecular weight is 427 g/mol. The van der Waals surface area contributed by atoms with E-state index in [1.54, 1.807) is 28.8 Å². The van der Waals surface area contributed by atoms with Crippen LogP contribution in [0.15, 0.2) is 29.1 Å². The van der Waals surface area contributed by atoms with E-state index in [2.05, 4.69) is 12.2 Å². The van der Waals surface area contributed by atoms with E-state index >= 15 is 0 Å². The Bertz CT molecular complexity index is 1010. The van der Waals surface area contributed by atoms with E-state index in [-0.39, 0.29) is 11.3 Å². The Morgan fingerprint density at radius 3 is 2.42 bits per heavy atom. The summed E-state index contributed by atoms with van der Waals surface area (Å²) in [6, 6.07) is 6.26. The maximum atomic E-state index is 13.3. The minimum Gasteiger partial charge on any atom is -0.507 e. The number of nitrogens with zero attached hydrogens (tertiary/aromatic N) is 1. The van der Waals surface area contributed by atoms with Gasteiger partial charge in [-0.25, -0.2) is 0 Å². The molecule has 1 aromatic heterocycles. The van der Waals surface area contributed by atoms with Crippen LogP contribution in [0.5, 0.6) is 11.5 Å². The largest absolute Gasteiger partial charge is 0.507 e. The van der Waals surface area contributed by atoms with Crippen LogP contribution in [-0.4, -0.2) is 21.6 Å². The monoisotopic (exact) mass is 426 g/mol. The molecule has 0 bridgehead atoms. The number of amides is 1. The molecule has 1 aliphatic rings. The van der Waals surface area contributed by atoms with Crippen LogP contribution in [0.25, 0.3) is 0 Å². The molecule has 0 saturated heterocycles. The molecule has 1 aliphatic carbocycles. The van der Waals surface area contributed by atoms with Crippen LogP contribution in [0.4, 0.5) is 5.69 Å². The summed E-state index contributed by atoms with van der Waals surface area (Å²) >= 11 is 0. The maximum Gasteiger partial charge on any atom is 0.308 e. The van der Waals surface area contributed by atoms with Gasteiger partial charge in [-0.1, -0.05) is 26.2 Å². The molecule has 2 aromatic rings. The summed E-state index contributed by atoms with van der Waals surface area (Å²) in [5.74, 6) is -0.909. The number of carbonyl (C=O) groups excluding carboxylic acids is 2. The molecule has 0 aliphatic heterocycles. The first kappa shape index (κ1) is 22.6. The van der Waals surface area contributed by atoms with Crippen LogP contribution < -0.4 is 15.6 Å². The second-order valence-corrected chi connectivity index (χ2v) is 7.95. The first-order chi connectivity index (χ1) is 14.9. The molecule has 7 heteroatoms. The minimum absolute atomic E-state index is 0.191. The van der Waals surface area contributed by atoms with Gasteiger partial charge in [-0.15, -0.1) is 0 Å². The van der Waals surface area contributed by atoms with Crippen molar-refractivity contribution >= 4 is 17.6 Å². The highest BCUT2D eigenvalue weighted by Crippen LogP contribution is 2.30. The number of rotatable bonds is 6. The Balaban J connectivity index is 1.97. The predicted molar refractivity (Wildman–Crippen MR) is 119 cm³/mol. The lowest BCUT2D eigenvalue weighted by Gasteiger charge is -2.22. The van der Waals surface area contributed by atoms with Gasteiger partial charge in [0, 0.05) is 30.4 Å².